The molecule has 98 valence electrons. The SMILES string of the molecule is N#Cc1ccc2c(c1)nc(CO)n2C1CCOCC1. The van der Waals surface area contributed by atoms with Crippen molar-refractivity contribution in [2.75, 3.05) is 13.2 Å². The highest BCUT2D eigenvalue weighted by Gasteiger charge is 2.21. The molecular formula is C14H15N3O2. The summed E-state index contributed by atoms with van der Waals surface area (Å²) in [7, 11) is 0. The Bertz CT molecular complexity index is 636. The number of nitrogens with zero attached hydrogens (tertiary/aromatic N) is 3. The van der Waals surface area contributed by atoms with E-state index in [4.69, 9.17) is 10.00 Å². The molecule has 0 unspecified atom stereocenters. The van der Waals surface area contributed by atoms with Crippen LogP contribution in [0.4, 0.5) is 0 Å². The predicted octanol–water partition coefficient (Wildman–Crippen LogP) is 1.75. The summed E-state index contributed by atoms with van der Waals surface area (Å²) in [4.78, 5) is 4.44. The van der Waals surface area contributed by atoms with Gasteiger partial charge in [-0.15, -0.1) is 0 Å². The van der Waals surface area contributed by atoms with E-state index in [0.717, 1.165) is 37.1 Å². The topological polar surface area (TPSA) is 71.1 Å². The van der Waals surface area contributed by atoms with Crippen LogP contribution in [-0.2, 0) is 11.3 Å². The average Bonchev–Trinajstić information content (AvgIpc) is 2.85. The molecule has 0 saturated carbocycles. The molecule has 0 atom stereocenters. The van der Waals surface area contributed by atoms with Gasteiger partial charge in [-0.25, -0.2) is 4.98 Å². The molecule has 5 nitrogen and oxygen atoms in total. The normalized spacial score (nSPS) is 16.6. The third-order valence-electron chi connectivity index (χ3n) is 3.59. The summed E-state index contributed by atoms with van der Waals surface area (Å²) < 4.78 is 7.48. The maximum absolute atomic E-state index is 9.50. The number of imidazole rings is 1. The third-order valence-corrected chi connectivity index (χ3v) is 3.59. The van der Waals surface area contributed by atoms with E-state index in [1.165, 1.54) is 0 Å². The lowest BCUT2D eigenvalue weighted by Gasteiger charge is -2.25. The van der Waals surface area contributed by atoms with E-state index in [0.29, 0.717) is 17.4 Å². The summed E-state index contributed by atoms with van der Waals surface area (Å²) in [6, 6.07) is 7.90. The summed E-state index contributed by atoms with van der Waals surface area (Å²) in [6.45, 7) is 1.39. The number of aromatic nitrogens is 2. The van der Waals surface area contributed by atoms with Crippen molar-refractivity contribution < 1.29 is 9.84 Å². The molecule has 0 amide bonds. The van der Waals surface area contributed by atoms with Gasteiger partial charge in [0.15, 0.2) is 0 Å². The fourth-order valence-corrected chi connectivity index (χ4v) is 2.68. The molecule has 3 rings (SSSR count). The van der Waals surface area contributed by atoms with E-state index in [1.54, 1.807) is 12.1 Å². The fraction of sp³-hybridized carbons (Fsp3) is 0.429. The highest BCUT2D eigenvalue weighted by atomic mass is 16.5. The second-order valence-electron chi connectivity index (χ2n) is 4.71. The smallest absolute Gasteiger partial charge is 0.135 e. The zero-order valence-electron chi connectivity index (χ0n) is 10.5. The lowest BCUT2D eigenvalue weighted by Crippen LogP contribution is -2.21. The summed E-state index contributed by atoms with van der Waals surface area (Å²) in [5.41, 5.74) is 2.35. The molecule has 1 N–H and O–H groups in total. The largest absolute Gasteiger partial charge is 0.388 e. The summed E-state index contributed by atoms with van der Waals surface area (Å²) >= 11 is 0. The van der Waals surface area contributed by atoms with Crippen LogP contribution in [0.25, 0.3) is 11.0 Å². The second-order valence-corrected chi connectivity index (χ2v) is 4.71. The third kappa shape index (κ3) is 2.09. The van der Waals surface area contributed by atoms with Crippen LogP contribution in [0.5, 0.6) is 0 Å². The van der Waals surface area contributed by atoms with Crippen molar-refractivity contribution >= 4 is 11.0 Å². The van der Waals surface area contributed by atoms with Crippen molar-refractivity contribution in [3.63, 3.8) is 0 Å². The molecule has 1 aliphatic heterocycles. The molecule has 5 heteroatoms. The highest BCUT2D eigenvalue weighted by molar-refractivity contribution is 5.78. The Morgan fingerprint density at radius 3 is 2.89 bits per heavy atom. The number of benzene rings is 1. The molecule has 0 bridgehead atoms. The summed E-state index contributed by atoms with van der Waals surface area (Å²) in [6.07, 6.45) is 1.86. The van der Waals surface area contributed by atoms with E-state index in [2.05, 4.69) is 15.6 Å². The monoisotopic (exact) mass is 257 g/mol. The molecule has 1 aromatic heterocycles. The van der Waals surface area contributed by atoms with Gasteiger partial charge in [0, 0.05) is 19.3 Å². The lowest BCUT2D eigenvalue weighted by molar-refractivity contribution is 0.0687. The quantitative estimate of drug-likeness (QED) is 0.889. The number of aliphatic hydroxyl groups excluding tert-OH is 1. The number of nitriles is 1. The molecule has 2 heterocycles. The lowest BCUT2D eigenvalue weighted by atomic mass is 10.1. The number of aliphatic hydroxyl groups is 1. The first-order valence-corrected chi connectivity index (χ1v) is 6.43. The van der Waals surface area contributed by atoms with E-state index < -0.39 is 0 Å². The first-order chi connectivity index (χ1) is 9.33. The number of rotatable bonds is 2. The van der Waals surface area contributed by atoms with Crippen LogP contribution < -0.4 is 0 Å². The van der Waals surface area contributed by atoms with Gasteiger partial charge in [0.25, 0.3) is 0 Å². The van der Waals surface area contributed by atoms with Crippen LogP contribution in [0.3, 0.4) is 0 Å². The van der Waals surface area contributed by atoms with Crippen molar-refractivity contribution in [2.24, 2.45) is 0 Å². The molecule has 0 aliphatic carbocycles. The van der Waals surface area contributed by atoms with Crippen molar-refractivity contribution in [3.05, 3.63) is 29.6 Å². The van der Waals surface area contributed by atoms with Crippen LogP contribution in [0.2, 0.25) is 0 Å². The minimum atomic E-state index is -0.0894. The van der Waals surface area contributed by atoms with Crippen molar-refractivity contribution in [2.45, 2.75) is 25.5 Å². The van der Waals surface area contributed by atoms with Crippen LogP contribution in [0.1, 0.15) is 30.3 Å². The van der Waals surface area contributed by atoms with Gasteiger partial charge in [-0.1, -0.05) is 0 Å². The molecule has 0 spiro atoms. The number of hydrogen-bond donors (Lipinski definition) is 1. The zero-order chi connectivity index (χ0) is 13.2. The maximum atomic E-state index is 9.50. The number of ether oxygens (including phenoxy) is 1. The Labute approximate surface area is 111 Å². The summed E-state index contributed by atoms with van der Waals surface area (Å²) in [5, 5.41) is 18.4. The minimum Gasteiger partial charge on any atom is -0.388 e. The van der Waals surface area contributed by atoms with E-state index in [-0.39, 0.29) is 6.61 Å². The Balaban J connectivity index is 2.13. The minimum absolute atomic E-state index is 0.0894. The molecule has 1 fully saturated rings. The van der Waals surface area contributed by atoms with Gasteiger partial charge >= 0.3 is 0 Å². The van der Waals surface area contributed by atoms with Gasteiger partial charge < -0.3 is 14.4 Å². The van der Waals surface area contributed by atoms with Crippen LogP contribution >= 0.6 is 0 Å². The Morgan fingerprint density at radius 2 is 2.21 bits per heavy atom. The first kappa shape index (κ1) is 12.2. The Morgan fingerprint density at radius 1 is 1.42 bits per heavy atom. The molecular weight excluding hydrogens is 242 g/mol. The van der Waals surface area contributed by atoms with Crippen LogP contribution in [0, 0.1) is 11.3 Å². The van der Waals surface area contributed by atoms with Crippen LogP contribution in [0.15, 0.2) is 18.2 Å². The Hall–Kier alpha value is -1.90. The van der Waals surface area contributed by atoms with Gasteiger partial charge in [-0.3, -0.25) is 0 Å². The number of hydrogen-bond acceptors (Lipinski definition) is 4. The van der Waals surface area contributed by atoms with E-state index in [9.17, 15) is 5.11 Å². The van der Waals surface area contributed by atoms with Gasteiger partial charge in [0.2, 0.25) is 0 Å². The molecule has 1 aliphatic rings. The molecule has 1 aromatic carbocycles. The standard InChI is InChI=1S/C14H15N3O2/c15-8-10-1-2-13-12(7-10)16-14(9-18)17(13)11-3-5-19-6-4-11/h1-2,7,11,18H,3-6,9H2. The van der Waals surface area contributed by atoms with Crippen LogP contribution in [-0.4, -0.2) is 27.9 Å². The zero-order valence-corrected chi connectivity index (χ0v) is 10.5. The fourth-order valence-electron chi connectivity index (χ4n) is 2.68. The summed E-state index contributed by atoms with van der Waals surface area (Å²) in [5.74, 6) is 0.664. The van der Waals surface area contributed by atoms with Gasteiger partial charge in [-0.2, -0.15) is 5.26 Å². The van der Waals surface area contributed by atoms with E-state index >= 15 is 0 Å². The molecule has 2 aromatic rings. The van der Waals surface area contributed by atoms with Gasteiger partial charge in [0.05, 0.1) is 22.7 Å². The molecule has 1 saturated heterocycles. The van der Waals surface area contributed by atoms with Crippen molar-refractivity contribution in [1.29, 1.82) is 5.26 Å². The molecule has 19 heavy (non-hydrogen) atoms. The maximum Gasteiger partial charge on any atom is 0.135 e. The van der Waals surface area contributed by atoms with E-state index in [1.807, 2.05) is 6.07 Å². The first-order valence-electron chi connectivity index (χ1n) is 6.43. The molecule has 0 radical (unpaired) electrons. The average molecular weight is 257 g/mol. The van der Waals surface area contributed by atoms with Crippen molar-refractivity contribution in [1.82, 2.24) is 9.55 Å². The Kier molecular flexibility index (Phi) is 3.20. The highest BCUT2D eigenvalue weighted by Crippen LogP contribution is 2.28. The van der Waals surface area contributed by atoms with Gasteiger partial charge in [0.1, 0.15) is 12.4 Å². The number of fused-ring (bicyclic) bond motifs is 1. The second kappa shape index (κ2) is 5.00. The van der Waals surface area contributed by atoms with Gasteiger partial charge in [-0.05, 0) is 31.0 Å². The predicted molar refractivity (Wildman–Crippen MR) is 69.5 cm³/mol. The van der Waals surface area contributed by atoms with Crippen molar-refractivity contribution in [3.8, 4) is 6.07 Å².